The summed E-state index contributed by atoms with van der Waals surface area (Å²) in [5.74, 6) is 0. The molecule has 0 saturated heterocycles. The summed E-state index contributed by atoms with van der Waals surface area (Å²) in [5.41, 5.74) is 0.317. The van der Waals surface area contributed by atoms with Gasteiger partial charge in [-0.2, -0.15) is 13.2 Å². The van der Waals surface area contributed by atoms with Crippen molar-refractivity contribution in [2.75, 3.05) is 0 Å². The van der Waals surface area contributed by atoms with Crippen LogP contribution in [-0.4, -0.2) is 15.2 Å². The van der Waals surface area contributed by atoms with Crippen molar-refractivity contribution in [1.82, 2.24) is 15.2 Å². The maximum Gasteiger partial charge on any atom is 0.443 e. The van der Waals surface area contributed by atoms with Gasteiger partial charge in [0.1, 0.15) is 5.69 Å². The first-order chi connectivity index (χ1) is 7.47. The number of rotatable bonds is 1. The molecular formula is C8H3ClF3N3S. The Labute approximate surface area is 96.9 Å². The average molecular weight is 266 g/mol. The van der Waals surface area contributed by atoms with E-state index in [4.69, 9.17) is 11.6 Å². The van der Waals surface area contributed by atoms with Gasteiger partial charge in [-0.3, -0.25) is 0 Å². The quantitative estimate of drug-likeness (QED) is 0.794. The molecule has 2 rings (SSSR count). The van der Waals surface area contributed by atoms with E-state index < -0.39 is 11.2 Å². The fourth-order valence-electron chi connectivity index (χ4n) is 0.971. The standard InChI is InChI=1S/C8H3ClF3N3S/c9-6-2-1-4(14-15-6)5-3-13-7(16-5)8(10,11)12/h1-3H. The van der Waals surface area contributed by atoms with Gasteiger partial charge in [0.05, 0.1) is 4.88 Å². The maximum absolute atomic E-state index is 12.3. The summed E-state index contributed by atoms with van der Waals surface area (Å²) in [7, 11) is 0. The van der Waals surface area contributed by atoms with Crippen LogP contribution >= 0.6 is 22.9 Å². The second kappa shape index (κ2) is 3.99. The maximum atomic E-state index is 12.3. The van der Waals surface area contributed by atoms with Crippen molar-refractivity contribution < 1.29 is 13.2 Å². The van der Waals surface area contributed by atoms with Crippen LogP contribution in [0, 0.1) is 0 Å². The monoisotopic (exact) mass is 265 g/mol. The third kappa shape index (κ3) is 2.30. The Kier molecular flexibility index (Phi) is 2.81. The van der Waals surface area contributed by atoms with Crippen LogP contribution in [0.25, 0.3) is 10.6 Å². The zero-order valence-electron chi connectivity index (χ0n) is 7.49. The predicted octanol–water partition coefficient (Wildman–Crippen LogP) is 3.27. The first-order valence-electron chi connectivity index (χ1n) is 3.99. The summed E-state index contributed by atoms with van der Waals surface area (Å²) < 4.78 is 36.8. The molecule has 2 heterocycles. The molecule has 0 aliphatic rings. The van der Waals surface area contributed by atoms with Crippen molar-refractivity contribution in [3.63, 3.8) is 0 Å². The van der Waals surface area contributed by atoms with Crippen molar-refractivity contribution in [3.8, 4) is 10.6 Å². The molecule has 84 valence electrons. The van der Waals surface area contributed by atoms with E-state index in [0.29, 0.717) is 21.9 Å². The third-order valence-electron chi connectivity index (χ3n) is 1.63. The minimum atomic E-state index is -4.43. The fourth-order valence-corrected chi connectivity index (χ4v) is 1.82. The van der Waals surface area contributed by atoms with E-state index in [1.165, 1.54) is 12.1 Å². The van der Waals surface area contributed by atoms with Crippen LogP contribution in [0.1, 0.15) is 5.01 Å². The summed E-state index contributed by atoms with van der Waals surface area (Å²) in [6, 6.07) is 2.94. The molecular weight excluding hydrogens is 263 g/mol. The van der Waals surface area contributed by atoms with Crippen molar-refractivity contribution in [3.05, 3.63) is 28.5 Å². The Balaban J connectivity index is 2.35. The molecule has 0 amide bonds. The second-order valence-corrected chi connectivity index (χ2v) is 4.19. The lowest BCUT2D eigenvalue weighted by molar-refractivity contribution is -0.137. The number of halogens is 4. The van der Waals surface area contributed by atoms with Gasteiger partial charge in [0.25, 0.3) is 0 Å². The Hall–Kier alpha value is -1.21. The number of aromatic nitrogens is 3. The zero-order valence-corrected chi connectivity index (χ0v) is 9.07. The average Bonchev–Trinajstić information content (AvgIpc) is 2.67. The molecule has 2 aromatic heterocycles. The Morgan fingerprint density at radius 1 is 1.19 bits per heavy atom. The van der Waals surface area contributed by atoms with Gasteiger partial charge in [-0.1, -0.05) is 11.6 Å². The van der Waals surface area contributed by atoms with Crippen molar-refractivity contribution >= 4 is 22.9 Å². The molecule has 0 bridgehead atoms. The van der Waals surface area contributed by atoms with Gasteiger partial charge < -0.3 is 0 Å². The molecule has 0 fully saturated rings. The zero-order chi connectivity index (χ0) is 11.8. The SMILES string of the molecule is FC(F)(F)c1ncc(-c2ccc(Cl)nn2)s1. The highest BCUT2D eigenvalue weighted by atomic mass is 35.5. The lowest BCUT2D eigenvalue weighted by Gasteiger charge is -1.98. The van der Waals surface area contributed by atoms with E-state index in [9.17, 15) is 13.2 Å². The van der Waals surface area contributed by atoms with Gasteiger partial charge in [-0.15, -0.1) is 21.5 Å². The van der Waals surface area contributed by atoms with Crippen LogP contribution in [-0.2, 0) is 6.18 Å². The number of hydrogen-bond acceptors (Lipinski definition) is 4. The highest BCUT2D eigenvalue weighted by Crippen LogP contribution is 2.35. The van der Waals surface area contributed by atoms with Crippen LogP contribution in [0.2, 0.25) is 5.15 Å². The molecule has 0 aliphatic heterocycles. The number of thiazole rings is 1. The molecule has 0 aromatic carbocycles. The van der Waals surface area contributed by atoms with Crippen molar-refractivity contribution in [2.45, 2.75) is 6.18 Å². The largest absolute Gasteiger partial charge is 0.443 e. The first kappa shape index (κ1) is 11.3. The summed E-state index contributed by atoms with van der Waals surface area (Å²) in [6.45, 7) is 0. The van der Waals surface area contributed by atoms with E-state index >= 15 is 0 Å². The summed E-state index contributed by atoms with van der Waals surface area (Å²) in [6.07, 6.45) is -3.31. The van der Waals surface area contributed by atoms with Crippen LogP contribution in [0.3, 0.4) is 0 Å². The Morgan fingerprint density at radius 3 is 2.44 bits per heavy atom. The summed E-state index contributed by atoms with van der Waals surface area (Å²) >= 11 is 6.03. The van der Waals surface area contributed by atoms with Gasteiger partial charge in [0.2, 0.25) is 0 Å². The van der Waals surface area contributed by atoms with E-state index in [1.54, 1.807) is 0 Å². The molecule has 0 unspecified atom stereocenters. The highest BCUT2D eigenvalue weighted by Gasteiger charge is 2.34. The molecule has 0 spiro atoms. The molecule has 0 N–H and O–H groups in total. The molecule has 3 nitrogen and oxygen atoms in total. The molecule has 0 atom stereocenters. The topological polar surface area (TPSA) is 38.7 Å². The number of alkyl halides is 3. The summed E-state index contributed by atoms with van der Waals surface area (Å²) in [5, 5.41) is 6.49. The van der Waals surface area contributed by atoms with E-state index in [1.807, 2.05) is 0 Å². The summed E-state index contributed by atoms with van der Waals surface area (Å²) in [4.78, 5) is 3.58. The third-order valence-corrected chi connectivity index (χ3v) is 2.90. The number of hydrogen-bond donors (Lipinski definition) is 0. The van der Waals surface area contributed by atoms with Crippen LogP contribution in [0.15, 0.2) is 18.3 Å². The minimum Gasteiger partial charge on any atom is -0.240 e. The first-order valence-corrected chi connectivity index (χ1v) is 5.19. The Bertz CT molecular complexity index is 494. The molecule has 16 heavy (non-hydrogen) atoms. The normalized spacial score (nSPS) is 11.8. The minimum absolute atomic E-state index is 0.185. The molecule has 0 aliphatic carbocycles. The van der Waals surface area contributed by atoms with Crippen LogP contribution in [0.5, 0.6) is 0 Å². The van der Waals surface area contributed by atoms with E-state index in [2.05, 4.69) is 15.2 Å². The van der Waals surface area contributed by atoms with Crippen LogP contribution < -0.4 is 0 Å². The molecule has 0 radical (unpaired) electrons. The van der Waals surface area contributed by atoms with Gasteiger partial charge in [-0.25, -0.2) is 4.98 Å². The molecule has 2 aromatic rings. The number of nitrogens with zero attached hydrogens (tertiary/aromatic N) is 3. The van der Waals surface area contributed by atoms with Crippen molar-refractivity contribution in [1.29, 1.82) is 0 Å². The van der Waals surface area contributed by atoms with Gasteiger partial charge in [0.15, 0.2) is 10.2 Å². The lowest BCUT2D eigenvalue weighted by atomic mass is 10.3. The van der Waals surface area contributed by atoms with E-state index in [-0.39, 0.29) is 5.15 Å². The fraction of sp³-hybridized carbons (Fsp3) is 0.125. The molecule has 8 heteroatoms. The van der Waals surface area contributed by atoms with E-state index in [0.717, 1.165) is 6.20 Å². The van der Waals surface area contributed by atoms with Gasteiger partial charge >= 0.3 is 6.18 Å². The van der Waals surface area contributed by atoms with Crippen LogP contribution in [0.4, 0.5) is 13.2 Å². The highest BCUT2D eigenvalue weighted by molar-refractivity contribution is 7.15. The second-order valence-electron chi connectivity index (χ2n) is 2.77. The van der Waals surface area contributed by atoms with Gasteiger partial charge in [-0.05, 0) is 12.1 Å². The lowest BCUT2D eigenvalue weighted by Crippen LogP contribution is -2.02. The Morgan fingerprint density at radius 2 is 1.94 bits per heavy atom. The molecule has 0 saturated carbocycles. The van der Waals surface area contributed by atoms with Crippen molar-refractivity contribution in [2.24, 2.45) is 0 Å². The smallest absolute Gasteiger partial charge is 0.240 e. The van der Waals surface area contributed by atoms with Gasteiger partial charge in [0, 0.05) is 6.20 Å². The predicted molar refractivity (Wildman–Crippen MR) is 53.2 cm³/mol.